The van der Waals surface area contributed by atoms with Gasteiger partial charge < -0.3 is 24.3 Å². The molecule has 7 heteroatoms. The van der Waals surface area contributed by atoms with Crippen molar-refractivity contribution in [3.8, 4) is 28.4 Å². The van der Waals surface area contributed by atoms with Gasteiger partial charge >= 0.3 is 5.63 Å². The fraction of sp³-hybridized carbons (Fsp3) is 0.250. The van der Waals surface area contributed by atoms with Gasteiger partial charge in [0.25, 0.3) is 0 Å². The molecule has 3 aromatic carbocycles. The SMILES string of the molecule is COc1ccc(-c2c(Nc3ccc(OCCN4CCCC4)cc3)c3ccc(O)cc3oc2=O)cc1. The van der Waals surface area contributed by atoms with E-state index in [1.165, 1.54) is 18.9 Å². The van der Waals surface area contributed by atoms with Gasteiger partial charge in [0.15, 0.2) is 0 Å². The van der Waals surface area contributed by atoms with Crippen LogP contribution in [-0.4, -0.2) is 43.4 Å². The molecule has 0 atom stereocenters. The summed E-state index contributed by atoms with van der Waals surface area (Å²) in [6.07, 6.45) is 2.54. The van der Waals surface area contributed by atoms with Crippen molar-refractivity contribution in [3.63, 3.8) is 0 Å². The highest BCUT2D eigenvalue weighted by Crippen LogP contribution is 2.36. The van der Waals surface area contributed by atoms with Gasteiger partial charge in [0, 0.05) is 23.7 Å². The Bertz CT molecular complexity index is 1360. The van der Waals surface area contributed by atoms with Crippen LogP contribution in [0.5, 0.6) is 17.2 Å². The van der Waals surface area contributed by atoms with Crippen molar-refractivity contribution in [1.82, 2.24) is 4.90 Å². The molecule has 180 valence electrons. The number of phenolic OH excluding ortho intramolecular Hbond substituents is 1. The van der Waals surface area contributed by atoms with Gasteiger partial charge in [-0.2, -0.15) is 0 Å². The third kappa shape index (κ3) is 5.10. The molecular formula is C28H28N2O5. The lowest BCUT2D eigenvalue weighted by Gasteiger charge is -2.16. The van der Waals surface area contributed by atoms with Gasteiger partial charge in [-0.3, -0.25) is 4.90 Å². The number of nitrogens with one attached hydrogen (secondary N) is 1. The molecule has 0 amide bonds. The summed E-state index contributed by atoms with van der Waals surface area (Å²) in [6, 6.07) is 19.7. The Morgan fingerprint density at radius 1 is 0.971 bits per heavy atom. The Kier molecular flexibility index (Phi) is 6.59. The van der Waals surface area contributed by atoms with Gasteiger partial charge in [0.1, 0.15) is 29.4 Å². The van der Waals surface area contributed by atoms with Gasteiger partial charge in [0.2, 0.25) is 0 Å². The van der Waals surface area contributed by atoms with Crippen LogP contribution in [0.25, 0.3) is 22.1 Å². The number of fused-ring (bicyclic) bond motifs is 1. The van der Waals surface area contributed by atoms with Crippen molar-refractivity contribution in [1.29, 1.82) is 0 Å². The predicted molar refractivity (Wildman–Crippen MR) is 137 cm³/mol. The number of ether oxygens (including phenoxy) is 2. The van der Waals surface area contributed by atoms with Crippen molar-refractivity contribution in [2.75, 3.05) is 38.7 Å². The van der Waals surface area contributed by atoms with Gasteiger partial charge in [-0.25, -0.2) is 4.79 Å². The summed E-state index contributed by atoms with van der Waals surface area (Å²) in [4.78, 5) is 15.5. The molecule has 5 rings (SSSR count). The van der Waals surface area contributed by atoms with E-state index >= 15 is 0 Å². The summed E-state index contributed by atoms with van der Waals surface area (Å²) in [5.74, 6) is 1.52. The first kappa shape index (κ1) is 22.8. The quantitative estimate of drug-likeness (QED) is 0.333. The number of methoxy groups -OCH3 is 1. The number of hydrogen-bond donors (Lipinski definition) is 2. The average Bonchev–Trinajstić information content (AvgIpc) is 3.39. The van der Waals surface area contributed by atoms with Crippen LogP contribution in [0, 0.1) is 0 Å². The molecule has 2 heterocycles. The number of likely N-dealkylation sites (tertiary alicyclic amines) is 1. The standard InChI is InChI=1S/C28H28N2O5/c1-33-22-9-4-19(5-10-22)26-27(24-13-8-21(31)18-25(24)35-28(26)32)29-20-6-11-23(12-7-20)34-17-16-30-14-2-3-15-30/h4-13,18,29,31H,2-3,14-17H2,1H3. The highest BCUT2D eigenvalue weighted by molar-refractivity contribution is 6.00. The summed E-state index contributed by atoms with van der Waals surface area (Å²) >= 11 is 0. The number of rotatable bonds is 8. The van der Waals surface area contributed by atoms with Crippen molar-refractivity contribution in [2.45, 2.75) is 12.8 Å². The Hall–Kier alpha value is -3.97. The van der Waals surface area contributed by atoms with E-state index in [-0.39, 0.29) is 5.75 Å². The fourth-order valence-electron chi connectivity index (χ4n) is 4.42. The zero-order valence-corrected chi connectivity index (χ0v) is 19.6. The zero-order chi connectivity index (χ0) is 24.2. The lowest BCUT2D eigenvalue weighted by atomic mass is 10.0. The number of phenols is 1. The summed E-state index contributed by atoms with van der Waals surface area (Å²) in [5.41, 5.74) is 2.29. The third-order valence-corrected chi connectivity index (χ3v) is 6.27. The minimum atomic E-state index is -0.502. The van der Waals surface area contributed by atoms with Crippen molar-refractivity contribution in [2.24, 2.45) is 0 Å². The molecule has 1 aliphatic heterocycles. The van der Waals surface area contributed by atoms with Gasteiger partial charge in [-0.1, -0.05) is 12.1 Å². The monoisotopic (exact) mass is 472 g/mol. The zero-order valence-electron chi connectivity index (χ0n) is 19.6. The van der Waals surface area contributed by atoms with Crippen LogP contribution in [0.1, 0.15) is 12.8 Å². The molecule has 1 fully saturated rings. The number of hydrogen-bond acceptors (Lipinski definition) is 7. The summed E-state index contributed by atoms with van der Waals surface area (Å²) < 4.78 is 16.7. The third-order valence-electron chi connectivity index (χ3n) is 6.27. The van der Waals surface area contributed by atoms with Gasteiger partial charge in [-0.05, 0) is 80.0 Å². The van der Waals surface area contributed by atoms with Crippen LogP contribution in [0.3, 0.4) is 0 Å². The minimum absolute atomic E-state index is 0.0271. The molecule has 0 aliphatic carbocycles. The average molecular weight is 473 g/mol. The van der Waals surface area contributed by atoms with Crippen LogP contribution >= 0.6 is 0 Å². The molecular weight excluding hydrogens is 444 g/mol. The molecule has 0 unspecified atom stereocenters. The first-order valence-corrected chi connectivity index (χ1v) is 11.8. The topological polar surface area (TPSA) is 84.2 Å². The van der Waals surface area contributed by atoms with Crippen molar-refractivity contribution in [3.05, 3.63) is 77.2 Å². The van der Waals surface area contributed by atoms with E-state index < -0.39 is 5.63 Å². The Morgan fingerprint density at radius 3 is 2.40 bits per heavy atom. The van der Waals surface area contributed by atoms with E-state index in [1.807, 2.05) is 36.4 Å². The minimum Gasteiger partial charge on any atom is -0.508 e. The van der Waals surface area contributed by atoms with E-state index in [2.05, 4.69) is 10.2 Å². The second kappa shape index (κ2) is 10.1. The molecule has 1 aliphatic rings. The lowest BCUT2D eigenvalue weighted by Crippen LogP contribution is -2.25. The fourth-order valence-corrected chi connectivity index (χ4v) is 4.42. The number of nitrogens with zero attached hydrogens (tertiary/aromatic N) is 1. The predicted octanol–water partition coefficient (Wildman–Crippen LogP) is 5.39. The molecule has 2 N–H and O–H groups in total. The second-order valence-electron chi connectivity index (χ2n) is 8.60. The van der Waals surface area contributed by atoms with E-state index in [0.717, 1.165) is 31.1 Å². The maximum absolute atomic E-state index is 13.0. The van der Waals surface area contributed by atoms with Gasteiger partial charge in [0.05, 0.1) is 18.4 Å². The molecule has 0 spiro atoms. The van der Waals surface area contributed by atoms with Crippen LogP contribution < -0.4 is 20.4 Å². The molecule has 0 saturated carbocycles. The molecule has 4 aromatic rings. The van der Waals surface area contributed by atoms with Crippen molar-refractivity contribution < 1.29 is 19.0 Å². The first-order valence-electron chi connectivity index (χ1n) is 11.8. The smallest absolute Gasteiger partial charge is 0.346 e. The largest absolute Gasteiger partial charge is 0.508 e. The highest BCUT2D eigenvalue weighted by Gasteiger charge is 2.18. The summed E-state index contributed by atoms with van der Waals surface area (Å²) in [5, 5.41) is 14.0. The maximum Gasteiger partial charge on any atom is 0.346 e. The maximum atomic E-state index is 13.0. The Balaban J connectivity index is 1.44. The van der Waals surface area contributed by atoms with Crippen LogP contribution in [0.4, 0.5) is 11.4 Å². The van der Waals surface area contributed by atoms with E-state index in [0.29, 0.717) is 40.1 Å². The molecule has 1 saturated heterocycles. The first-order chi connectivity index (χ1) is 17.1. The number of benzene rings is 3. The normalized spacial score (nSPS) is 13.7. The Labute approximate surface area is 203 Å². The van der Waals surface area contributed by atoms with Gasteiger partial charge in [-0.15, -0.1) is 0 Å². The molecule has 7 nitrogen and oxygen atoms in total. The lowest BCUT2D eigenvalue weighted by molar-refractivity contribution is 0.238. The van der Waals surface area contributed by atoms with Crippen LogP contribution in [-0.2, 0) is 0 Å². The van der Waals surface area contributed by atoms with Crippen LogP contribution in [0.15, 0.2) is 75.9 Å². The second-order valence-corrected chi connectivity index (χ2v) is 8.60. The van der Waals surface area contributed by atoms with Crippen LogP contribution in [0.2, 0.25) is 0 Å². The number of anilines is 2. The van der Waals surface area contributed by atoms with Crippen molar-refractivity contribution >= 4 is 22.3 Å². The van der Waals surface area contributed by atoms with E-state index in [1.54, 1.807) is 31.4 Å². The van der Waals surface area contributed by atoms with E-state index in [4.69, 9.17) is 13.9 Å². The summed E-state index contributed by atoms with van der Waals surface area (Å²) in [7, 11) is 1.60. The molecule has 1 aromatic heterocycles. The molecule has 0 bridgehead atoms. The Morgan fingerprint density at radius 2 is 1.69 bits per heavy atom. The van der Waals surface area contributed by atoms with E-state index in [9.17, 15) is 9.90 Å². The highest BCUT2D eigenvalue weighted by atomic mass is 16.5. The molecule has 35 heavy (non-hydrogen) atoms. The molecule has 0 radical (unpaired) electrons. The number of aromatic hydroxyl groups is 1. The summed E-state index contributed by atoms with van der Waals surface area (Å²) in [6.45, 7) is 3.89.